The quantitative estimate of drug-likeness (QED) is 0.802. The predicted octanol–water partition coefficient (Wildman–Crippen LogP) is 2.55. The molecule has 0 spiro atoms. The number of ether oxygens (including phenoxy) is 1. The van der Waals surface area contributed by atoms with E-state index in [-0.39, 0.29) is 23.5 Å². The smallest absolute Gasteiger partial charge is 0.242 e. The van der Waals surface area contributed by atoms with E-state index in [1.54, 1.807) is 19.2 Å². The van der Waals surface area contributed by atoms with Gasteiger partial charge in [0.25, 0.3) is 0 Å². The number of nitrogens with one attached hydrogen (secondary N) is 1. The molecule has 0 saturated carbocycles. The fourth-order valence-electron chi connectivity index (χ4n) is 3.25. The summed E-state index contributed by atoms with van der Waals surface area (Å²) in [5, 5.41) is 2.63. The molecule has 1 N–H and O–H groups in total. The predicted molar refractivity (Wildman–Crippen MR) is 109 cm³/mol. The van der Waals surface area contributed by atoms with Crippen molar-refractivity contribution < 1.29 is 17.9 Å². The van der Waals surface area contributed by atoms with Crippen LogP contribution in [0.2, 0.25) is 0 Å². The van der Waals surface area contributed by atoms with Gasteiger partial charge in [-0.05, 0) is 43.3 Å². The van der Waals surface area contributed by atoms with Gasteiger partial charge in [0.2, 0.25) is 15.9 Å². The van der Waals surface area contributed by atoms with E-state index >= 15 is 0 Å². The van der Waals surface area contributed by atoms with Gasteiger partial charge in [0.1, 0.15) is 11.9 Å². The van der Waals surface area contributed by atoms with E-state index in [1.165, 1.54) is 23.4 Å². The summed E-state index contributed by atoms with van der Waals surface area (Å²) >= 11 is 0. The van der Waals surface area contributed by atoms with E-state index in [9.17, 15) is 13.2 Å². The van der Waals surface area contributed by atoms with Crippen LogP contribution in [0.25, 0.3) is 0 Å². The Morgan fingerprint density at radius 3 is 2.54 bits per heavy atom. The molecule has 8 heteroatoms. The van der Waals surface area contributed by atoms with Gasteiger partial charge >= 0.3 is 0 Å². The second-order valence-corrected chi connectivity index (χ2v) is 8.78. The Labute approximate surface area is 166 Å². The molecular weight excluding hydrogens is 378 g/mol. The lowest BCUT2D eigenvalue weighted by Gasteiger charge is -2.37. The second-order valence-electron chi connectivity index (χ2n) is 6.74. The average molecular weight is 404 g/mol. The molecule has 2 aromatic carbocycles. The Morgan fingerprint density at radius 2 is 1.89 bits per heavy atom. The summed E-state index contributed by atoms with van der Waals surface area (Å²) in [6, 6.07) is 13.9. The molecule has 0 bridgehead atoms. The summed E-state index contributed by atoms with van der Waals surface area (Å²) in [6.45, 7) is 5.14. The van der Waals surface area contributed by atoms with Crippen LogP contribution < -0.4 is 15.0 Å². The van der Waals surface area contributed by atoms with Gasteiger partial charge in [-0.15, -0.1) is 0 Å². The second kappa shape index (κ2) is 8.20. The number of sulfonamides is 1. The van der Waals surface area contributed by atoms with Crippen molar-refractivity contribution in [3.05, 3.63) is 48.5 Å². The van der Waals surface area contributed by atoms with Crippen molar-refractivity contribution in [3.63, 3.8) is 0 Å². The van der Waals surface area contributed by atoms with Crippen LogP contribution in [0.15, 0.2) is 53.4 Å². The standard InChI is InChI=1S/C20H25N3O4S/c1-4-23-14-17(27-20-8-6-5-7-19(20)23)13-22(3)28(25,26)18-11-9-16(10-12-18)21-15(2)24/h5-12,17H,4,13-14H2,1-3H3,(H,21,24)/t17-/m0/s1. The molecule has 1 heterocycles. The molecule has 0 unspecified atom stereocenters. The summed E-state index contributed by atoms with van der Waals surface area (Å²) in [5.41, 5.74) is 1.58. The first-order valence-corrected chi connectivity index (χ1v) is 10.6. The van der Waals surface area contributed by atoms with Crippen molar-refractivity contribution in [2.75, 3.05) is 36.9 Å². The Balaban J connectivity index is 1.73. The van der Waals surface area contributed by atoms with Crippen LogP contribution in [0.3, 0.4) is 0 Å². The number of carbonyl (C=O) groups excluding carboxylic acids is 1. The van der Waals surface area contributed by atoms with Crippen molar-refractivity contribution in [3.8, 4) is 5.75 Å². The first-order chi connectivity index (χ1) is 13.3. The van der Waals surface area contributed by atoms with Gasteiger partial charge in [-0.25, -0.2) is 8.42 Å². The highest BCUT2D eigenvalue weighted by Crippen LogP contribution is 2.33. The number of likely N-dealkylation sites (N-methyl/N-ethyl adjacent to an activating group) is 2. The van der Waals surface area contributed by atoms with Crippen LogP contribution in [-0.4, -0.2) is 51.4 Å². The Morgan fingerprint density at radius 1 is 1.21 bits per heavy atom. The van der Waals surface area contributed by atoms with Crippen molar-refractivity contribution in [1.82, 2.24) is 4.31 Å². The number of para-hydroxylation sites is 2. The van der Waals surface area contributed by atoms with Crippen LogP contribution in [0.1, 0.15) is 13.8 Å². The Kier molecular flexibility index (Phi) is 5.90. The van der Waals surface area contributed by atoms with Crippen molar-refractivity contribution in [1.29, 1.82) is 0 Å². The maximum atomic E-state index is 12.9. The lowest BCUT2D eigenvalue weighted by atomic mass is 10.2. The van der Waals surface area contributed by atoms with Gasteiger partial charge in [0.05, 0.1) is 23.7 Å². The van der Waals surface area contributed by atoms with Gasteiger partial charge in [-0.2, -0.15) is 4.31 Å². The summed E-state index contributed by atoms with van der Waals surface area (Å²) < 4.78 is 33.2. The van der Waals surface area contributed by atoms with Crippen LogP contribution in [0, 0.1) is 0 Å². The molecule has 3 rings (SSSR count). The Hall–Kier alpha value is -2.58. The van der Waals surface area contributed by atoms with E-state index in [2.05, 4.69) is 17.1 Å². The average Bonchev–Trinajstić information content (AvgIpc) is 2.67. The van der Waals surface area contributed by atoms with Gasteiger partial charge in [-0.3, -0.25) is 4.79 Å². The highest BCUT2D eigenvalue weighted by molar-refractivity contribution is 7.89. The van der Waals surface area contributed by atoms with Gasteiger partial charge in [-0.1, -0.05) is 12.1 Å². The maximum absolute atomic E-state index is 12.9. The largest absolute Gasteiger partial charge is 0.485 e. The molecule has 1 aliphatic rings. The molecule has 0 fully saturated rings. The van der Waals surface area contributed by atoms with Gasteiger partial charge < -0.3 is 15.0 Å². The highest BCUT2D eigenvalue weighted by atomic mass is 32.2. The minimum absolute atomic E-state index is 0.174. The third-order valence-corrected chi connectivity index (χ3v) is 6.49. The van der Waals surface area contributed by atoms with Gasteiger partial charge in [0, 0.05) is 26.2 Å². The number of anilines is 2. The Bertz CT molecular complexity index is 944. The molecule has 0 saturated heterocycles. The molecule has 1 amide bonds. The van der Waals surface area contributed by atoms with Crippen LogP contribution >= 0.6 is 0 Å². The molecule has 0 aromatic heterocycles. The number of amides is 1. The molecular formula is C20H25N3O4S. The molecule has 0 radical (unpaired) electrons. The third kappa shape index (κ3) is 4.28. The number of fused-ring (bicyclic) bond motifs is 1. The molecule has 1 aliphatic heterocycles. The third-order valence-electron chi connectivity index (χ3n) is 4.65. The number of carbonyl (C=O) groups is 1. The number of nitrogens with zero attached hydrogens (tertiary/aromatic N) is 2. The zero-order chi connectivity index (χ0) is 20.3. The molecule has 28 heavy (non-hydrogen) atoms. The summed E-state index contributed by atoms with van der Waals surface area (Å²) in [6.07, 6.45) is -0.270. The molecule has 0 aliphatic carbocycles. The summed E-state index contributed by atoms with van der Waals surface area (Å²) in [7, 11) is -2.11. The molecule has 2 aromatic rings. The maximum Gasteiger partial charge on any atom is 0.242 e. The summed E-state index contributed by atoms with van der Waals surface area (Å²) in [5.74, 6) is 0.564. The molecule has 150 valence electrons. The SMILES string of the molecule is CCN1C[C@H](CN(C)S(=O)(=O)c2ccc(NC(C)=O)cc2)Oc2ccccc21. The first-order valence-electron chi connectivity index (χ1n) is 9.16. The summed E-state index contributed by atoms with van der Waals surface area (Å²) in [4.78, 5) is 13.5. The van der Waals surface area contributed by atoms with E-state index in [4.69, 9.17) is 4.74 Å². The van der Waals surface area contributed by atoms with Gasteiger partial charge in [0.15, 0.2) is 0 Å². The number of benzene rings is 2. The number of rotatable bonds is 6. The minimum Gasteiger partial charge on any atom is -0.485 e. The highest BCUT2D eigenvalue weighted by Gasteiger charge is 2.29. The topological polar surface area (TPSA) is 79.0 Å². The lowest BCUT2D eigenvalue weighted by molar-refractivity contribution is -0.114. The van der Waals surface area contributed by atoms with Crippen molar-refractivity contribution in [2.45, 2.75) is 24.8 Å². The first kappa shape index (κ1) is 20.2. The number of hydrogen-bond acceptors (Lipinski definition) is 5. The van der Waals surface area contributed by atoms with Crippen LogP contribution in [0.4, 0.5) is 11.4 Å². The zero-order valence-electron chi connectivity index (χ0n) is 16.3. The van der Waals surface area contributed by atoms with E-state index < -0.39 is 10.0 Å². The monoisotopic (exact) mass is 403 g/mol. The molecule has 7 nitrogen and oxygen atoms in total. The van der Waals surface area contributed by atoms with E-state index in [1.807, 2.05) is 24.3 Å². The van der Waals surface area contributed by atoms with E-state index in [0.717, 1.165) is 18.0 Å². The number of hydrogen-bond donors (Lipinski definition) is 1. The zero-order valence-corrected chi connectivity index (χ0v) is 17.1. The fraction of sp³-hybridized carbons (Fsp3) is 0.350. The van der Waals surface area contributed by atoms with E-state index in [0.29, 0.717) is 12.2 Å². The van der Waals surface area contributed by atoms with Crippen LogP contribution in [-0.2, 0) is 14.8 Å². The lowest BCUT2D eigenvalue weighted by Crippen LogP contribution is -2.46. The van der Waals surface area contributed by atoms with Crippen molar-refractivity contribution >= 4 is 27.3 Å². The fourth-order valence-corrected chi connectivity index (χ4v) is 4.45. The normalized spacial score (nSPS) is 16.4. The molecule has 1 atom stereocenters. The van der Waals surface area contributed by atoms with Crippen molar-refractivity contribution in [2.24, 2.45) is 0 Å². The minimum atomic E-state index is -3.66. The van der Waals surface area contributed by atoms with Crippen LogP contribution in [0.5, 0.6) is 5.75 Å².